The Hall–Kier alpha value is -2.87. The average molecular weight is 518 g/mol. The number of halogens is 2. The van der Waals surface area contributed by atoms with Gasteiger partial charge in [-0.3, -0.25) is 4.79 Å². The lowest BCUT2D eigenvalue weighted by atomic mass is 10.1. The minimum absolute atomic E-state index is 0.235. The lowest BCUT2D eigenvalue weighted by molar-refractivity contribution is 0.0314. The van der Waals surface area contributed by atoms with Crippen molar-refractivity contribution in [3.63, 3.8) is 0 Å². The Morgan fingerprint density at radius 3 is 2.06 bits per heavy atom. The Kier molecular flexibility index (Phi) is 6.98. The summed E-state index contributed by atoms with van der Waals surface area (Å²) in [6, 6.07) is 18.7. The lowest BCUT2D eigenvalue weighted by Crippen LogP contribution is -2.48. The van der Waals surface area contributed by atoms with Crippen molar-refractivity contribution in [3.05, 3.63) is 99.5 Å². The molecule has 0 bridgehead atoms. The van der Waals surface area contributed by atoms with Crippen molar-refractivity contribution in [3.8, 4) is 0 Å². The molecule has 9 heteroatoms. The molecule has 0 radical (unpaired) electrons. The molecular weight excluding hydrogens is 497 g/mol. The summed E-state index contributed by atoms with van der Waals surface area (Å²) in [7, 11) is -3.58. The average Bonchev–Trinajstić information content (AvgIpc) is 3.08. The normalized spacial score (nSPS) is 18.9. The van der Waals surface area contributed by atoms with Crippen LogP contribution >= 0.6 is 23.2 Å². The van der Waals surface area contributed by atoms with Gasteiger partial charge in [-0.1, -0.05) is 35.3 Å². The van der Waals surface area contributed by atoms with Gasteiger partial charge < -0.3 is 9.64 Å². The van der Waals surface area contributed by atoms with E-state index in [4.69, 9.17) is 27.9 Å². The highest BCUT2D eigenvalue weighted by Crippen LogP contribution is 2.30. The number of hydrogen-bond acceptors (Lipinski definition) is 5. The molecule has 34 heavy (non-hydrogen) atoms. The summed E-state index contributed by atoms with van der Waals surface area (Å²) in [6.45, 7) is 1.87. The molecular formula is C25H21Cl2NO5S. The highest BCUT2D eigenvalue weighted by molar-refractivity contribution is 7.91. The summed E-state index contributed by atoms with van der Waals surface area (Å²) in [4.78, 5) is 27.8. The number of rotatable bonds is 5. The first kappa shape index (κ1) is 24.3. The summed E-state index contributed by atoms with van der Waals surface area (Å²) in [6.07, 6.45) is -1.05. The van der Waals surface area contributed by atoms with Gasteiger partial charge in [-0.25, -0.2) is 13.2 Å². The Labute approximate surface area is 208 Å². The number of esters is 1. The van der Waals surface area contributed by atoms with E-state index in [1.54, 1.807) is 54.6 Å². The summed E-state index contributed by atoms with van der Waals surface area (Å²) in [5, 5.41) is 0.925. The lowest BCUT2D eigenvalue weighted by Gasteiger charge is -2.32. The molecule has 0 unspecified atom stereocenters. The van der Waals surface area contributed by atoms with Crippen molar-refractivity contribution >= 4 is 50.6 Å². The van der Waals surface area contributed by atoms with E-state index >= 15 is 0 Å². The Bertz CT molecular complexity index is 1320. The van der Waals surface area contributed by atoms with E-state index in [1.807, 2.05) is 13.0 Å². The molecule has 2 atom stereocenters. The number of aryl methyl sites for hydroxylation is 1. The van der Waals surface area contributed by atoms with E-state index in [9.17, 15) is 18.0 Å². The third-order valence-electron chi connectivity index (χ3n) is 5.53. The zero-order valence-corrected chi connectivity index (χ0v) is 20.5. The molecule has 0 aromatic heterocycles. The Morgan fingerprint density at radius 1 is 0.882 bits per heavy atom. The van der Waals surface area contributed by atoms with E-state index in [0.717, 1.165) is 5.56 Å². The van der Waals surface area contributed by atoms with E-state index < -0.39 is 33.9 Å². The van der Waals surface area contributed by atoms with Crippen LogP contribution < -0.4 is 4.90 Å². The number of benzene rings is 3. The highest BCUT2D eigenvalue weighted by atomic mass is 35.5. The highest BCUT2D eigenvalue weighted by Gasteiger charge is 2.46. The van der Waals surface area contributed by atoms with Gasteiger partial charge in [-0.05, 0) is 73.2 Å². The van der Waals surface area contributed by atoms with Crippen molar-refractivity contribution in [2.45, 2.75) is 19.1 Å². The molecule has 0 N–H and O–H groups in total. The molecule has 176 valence electrons. The van der Waals surface area contributed by atoms with Gasteiger partial charge in [-0.15, -0.1) is 0 Å². The van der Waals surface area contributed by atoms with Gasteiger partial charge in [-0.2, -0.15) is 0 Å². The zero-order chi connectivity index (χ0) is 24.5. The van der Waals surface area contributed by atoms with Crippen LogP contribution in [0.25, 0.3) is 0 Å². The summed E-state index contributed by atoms with van der Waals surface area (Å²) in [5.74, 6) is -1.82. The van der Waals surface area contributed by atoms with Crippen LogP contribution in [-0.2, 0) is 14.6 Å². The molecule has 0 spiro atoms. The molecule has 1 fully saturated rings. The van der Waals surface area contributed by atoms with Gasteiger partial charge in [0.15, 0.2) is 9.84 Å². The summed E-state index contributed by atoms with van der Waals surface area (Å²) < 4.78 is 31.0. The fraction of sp³-hybridized carbons (Fsp3) is 0.200. The van der Waals surface area contributed by atoms with Gasteiger partial charge >= 0.3 is 5.97 Å². The van der Waals surface area contributed by atoms with E-state index in [-0.39, 0.29) is 17.1 Å². The second-order valence-corrected chi connectivity index (χ2v) is 11.1. The molecule has 1 aliphatic heterocycles. The number of carbonyl (C=O) groups is 2. The molecule has 0 aliphatic carbocycles. The van der Waals surface area contributed by atoms with E-state index in [0.29, 0.717) is 21.3 Å². The minimum Gasteiger partial charge on any atom is -0.455 e. The number of amides is 1. The molecule has 1 amide bonds. The predicted molar refractivity (Wildman–Crippen MR) is 133 cm³/mol. The van der Waals surface area contributed by atoms with Crippen molar-refractivity contribution in [2.24, 2.45) is 0 Å². The zero-order valence-electron chi connectivity index (χ0n) is 18.1. The van der Waals surface area contributed by atoms with Gasteiger partial charge in [0.05, 0.1) is 23.1 Å². The number of nitrogens with zero attached hydrogens (tertiary/aromatic N) is 1. The van der Waals surface area contributed by atoms with Crippen LogP contribution in [0.15, 0.2) is 72.8 Å². The Morgan fingerprint density at radius 2 is 1.47 bits per heavy atom. The summed E-state index contributed by atoms with van der Waals surface area (Å²) in [5.41, 5.74) is 1.97. The maximum absolute atomic E-state index is 13.6. The summed E-state index contributed by atoms with van der Waals surface area (Å²) >= 11 is 11.9. The fourth-order valence-electron chi connectivity index (χ4n) is 3.91. The molecule has 4 rings (SSSR count). The molecule has 1 heterocycles. The number of hydrogen-bond donors (Lipinski definition) is 0. The minimum atomic E-state index is -3.58. The molecule has 3 aromatic rings. The van der Waals surface area contributed by atoms with Gasteiger partial charge in [0.1, 0.15) is 6.10 Å². The van der Waals surface area contributed by atoms with Crippen molar-refractivity contribution in [2.75, 3.05) is 16.4 Å². The Balaban J connectivity index is 1.73. The maximum atomic E-state index is 13.6. The first-order valence-electron chi connectivity index (χ1n) is 10.5. The van der Waals surface area contributed by atoms with Crippen LogP contribution in [0.1, 0.15) is 26.3 Å². The number of anilines is 1. The number of carbonyl (C=O) groups excluding carboxylic acids is 2. The van der Waals surface area contributed by atoms with Crippen molar-refractivity contribution in [1.29, 1.82) is 0 Å². The van der Waals surface area contributed by atoms with Crippen LogP contribution in [0.3, 0.4) is 0 Å². The van der Waals surface area contributed by atoms with Crippen molar-refractivity contribution in [1.82, 2.24) is 0 Å². The predicted octanol–water partition coefficient (Wildman–Crippen LogP) is 4.97. The largest absolute Gasteiger partial charge is 0.455 e. The van der Waals surface area contributed by atoms with Crippen LogP contribution in [0.2, 0.25) is 10.0 Å². The van der Waals surface area contributed by atoms with Crippen LogP contribution in [0.5, 0.6) is 0 Å². The molecule has 1 aliphatic rings. The first-order valence-corrected chi connectivity index (χ1v) is 13.0. The third-order valence-corrected chi connectivity index (χ3v) is 7.72. The molecule has 6 nitrogen and oxygen atoms in total. The topological polar surface area (TPSA) is 80.8 Å². The van der Waals surface area contributed by atoms with Crippen molar-refractivity contribution < 1.29 is 22.7 Å². The fourth-order valence-corrected chi connectivity index (χ4v) is 5.97. The first-order chi connectivity index (χ1) is 16.1. The molecule has 1 saturated heterocycles. The maximum Gasteiger partial charge on any atom is 0.338 e. The molecule has 0 saturated carbocycles. The molecule has 3 aromatic carbocycles. The number of sulfone groups is 1. The number of ether oxygens (including phenoxy) is 1. The van der Waals surface area contributed by atoms with Crippen LogP contribution in [0.4, 0.5) is 5.69 Å². The quantitative estimate of drug-likeness (QED) is 0.446. The van der Waals surface area contributed by atoms with Gasteiger partial charge in [0.25, 0.3) is 5.91 Å². The monoisotopic (exact) mass is 517 g/mol. The second-order valence-electron chi connectivity index (χ2n) is 8.12. The van der Waals surface area contributed by atoms with Crippen LogP contribution in [-0.4, -0.2) is 43.9 Å². The SMILES string of the molecule is Cc1cccc(N(C(=O)c2ccc(Cl)cc2)[C@H]2CS(=O)(=O)C[C@H]2OC(=O)c2ccc(Cl)cc2)c1. The smallest absolute Gasteiger partial charge is 0.338 e. The van der Waals surface area contributed by atoms with Gasteiger partial charge in [0.2, 0.25) is 0 Å². The van der Waals surface area contributed by atoms with Gasteiger partial charge in [0, 0.05) is 21.3 Å². The van der Waals surface area contributed by atoms with Crippen LogP contribution in [0, 0.1) is 6.92 Å². The van der Waals surface area contributed by atoms with E-state index in [2.05, 4.69) is 0 Å². The second kappa shape index (κ2) is 9.78. The third kappa shape index (κ3) is 5.43. The van der Waals surface area contributed by atoms with E-state index in [1.165, 1.54) is 17.0 Å². The standard InChI is InChI=1S/C25H21Cl2NO5S/c1-16-3-2-4-21(13-16)28(24(29)17-5-9-19(26)10-6-17)22-14-34(31,32)15-23(22)33-25(30)18-7-11-20(27)12-8-18/h2-13,22-23H,14-15H2,1H3/t22-,23+/m0/s1.